The summed E-state index contributed by atoms with van der Waals surface area (Å²) in [6.45, 7) is 11.8. The molecule has 0 bridgehead atoms. The van der Waals surface area contributed by atoms with E-state index in [1.54, 1.807) is 53.5 Å². The van der Waals surface area contributed by atoms with E-state index in [0.29, 0.717) is 37.3 Å². The molecule has 11 nitrogen and oxygen atoms in total. The van der Waals surface area contributed by atoms with Crippen molar-refractivity contribution in [3.05, 3.63) is 40.4 Å². The molecule has 3 heterocycles. The van der Waals surface area contributed by atoms with E-state index < -0.39 is 35.0 Å². The molecular formula is C32H34ClF2N7O4S. The molecule has 0 saturated carbocycles. The van der Waals surface area contributed by atoms with Gasteiger partial charge in [0.2, 0.25) is 0 Å². The Morgan fingerprint density at radius 2 is 1.68 bits per heavy atom. The number of fused-ring (bicyclic) bond motifs is 2. The van der Waals surface area contributed by atoms with E-state index in [1.165, 1.54) is 18.2 Å². The van der Waals surface area contributed by atoms with Crippen LogP contribution in [-0.2, 0) is 9.47 Å². The minimum atomic E-state index is -0.801. The fraction of sp³-hybridized carbons (Fsp3) is 0.406. The van der Waals surface area contributed by atoms with E-state index in [9.17, 15) is 19.2 Å². The van der Waals surface area contributed by atoms with Crippen LogP contribution in [0.3, 0.4) is 0 Å². The molecule has 0 aliphatic carbocycles. The zero-order valence-electron chi connectivity index (χ0n) is 27.0. The molecule has 0 spiro atoms. The number of nitrogens with one attached hydrogen (secondary N) is 2. The third-order valence-corrected chi connectivity index (χ3v) is 8.39. The molecule has 1 saturated heterocycles. The SMILES string of the molecule is CNc1nc2c(F)c(-c3ccc(F)c4sc(NC(=O)OC(C)(C)C)nc34)c(Cl)cc2c(N2CCN(C(=O)OC(C)(C)C)CC2)c1C#N. The quantitative estimate of drug-likeness (QED) is 0.221. The summed E-state index contributed by atoms with van der Waals surface area (Å²) in [5, 5.41) is 15.9. The number of halogens is 3. The van der Waals surface area contributed by atoms with Gasteiger partial charge in [0.05, 0.1) is 20.9 Å². The number of ether oxygens (including phenoxy) is 2. The lowest BCUT2D eigenvalue weighted by Gasteiger charge is -2.37. The van der Waals surface area contributed by atoms with Crippen molar-refractivity contribution in [2.24, 2.45) is 0 Å². The number of hydrogen-bond donors (Lipinski definition) is 2. The number of amides is 2. The molecule has 5 rings (SSSR count). The van der Waals surface area contributed by atoms with Gasteiger partial charge in [-0.2, -0.15) is 5.26 Å². The van der Waals surface area contributed by atoms with Crippen LogP contribution in [0.1, 0.15) is 47.1 Å². The summed E-state index contributed by atoms with van der Waals surface area (Å²) in [7, 11) is 1.58. The fourth-order valence-electron chi connectivity index (χ4n) is 5.24. The summed E-state index contributed by atoms with van der Waals surface area (Å²) in [4.78, 5) is 37.4. The van der Waals surface area contributed by atoms with Crippen LogP contribution in [0, 0.1) is 23.0 Å². The number of carbonyl (C=O) groups is 2. The Labute approximate surface area is 279 Å². The topological polar surface area (TPSA) is 133 Å². The van der Waals surface area contributed by atoms with Gasteiger partial charge in [-0.25, -0.2) is 28.3 Å². The zero-order chi connectivity index (χ0) is 34.4. The third kappa shape index (κ3) is 6.96. The average Bonchev–Trinajstić information content (AvgIpc) is 3.40. The smallest absolute Gasteiger partial charge is 0.413 e. The number of carbonyl (C=O) groups excluding carboxylic acids is 2. The van der Waals surface area contributed by atoms with Gasteiger partial charge in [0.25, 0.3) is 0 Å². The molecule has 1 aliphatic rings. The highest BCUT2D eigenvalue weighted by Gasteiger charge is 2.31. The molecule has 0 unspecified atom stereocenters. The van der Waals surface area contributed by atoms with Crippen molar-refractivity contribution in [2.45, 2.75) is 52.7 Å². The second-order valence-electron chi connectivity index (χ2n) is 12.9. The lowest BCUT2D eigenvalue weighted by Crippen LogP contribution is -2.50. The highest BCUT2D eigenvalue weighted by molar-refractivity contribution is 7.22. The predicted octanol–water partition coefficient (Wildman–Crippen LogP) is 7.76. The van der Waals surface area contributed by atoms with E-state index in [2.05, 4.69) is 26.7 Å². The number of piperazine rings is 1. The number of anilines is 3. The normalized spacial score (nSPS) is 13.9. The summed E-state index contributed by atoms with van der Waals surface area (Å²) in [6.07, 6.45) is -1.21. The Morgan fingerprint density at radius 1 is 1.02 bits per heavy atom. The highest BCUT2D eigenvalue weighted by atomic mass is 35.5. The van der Waals surface area contributed by atoms with Gasteiger partial charge < -0.3 is 24.6 Å². The molecule has 2 aromatic carbocycles. The lowest BCUT2D eigenvalue weighted by atomic mass is 9.98. The Bertz CT molecular complexity index is 1940. The first-order valence-corrected chi connectivity index (χ1v) is 16.0. The first-order valence-electron chi connectivity index (χ1n) is 14.8. The minimum absolute atomic E-state index is 0.0194. The first kappa shape index (κ1) is 33.9. The number of rotatable bonds is 4. The van der Waals surface area contributed by atoms with Gasteiger partial charge in [-0.3, -0.25) is 5.32 Å². The van der Waals surface area contributed by atoms with Crippen LogP contribution in [0.2, 0.25) is 5.02 Å². The van der Waals surface area contributed by atoms with Crippen molar-refractivity contribution in [1.82, 2.24) is 14.9 Å². The number of pyridine rings is 1. The average molecular weight is 686 g/mol. The molecule has 47 heavy (non-hydrogen) atoms. The Morgan fingerprint density at radius 3 is 2.28 bits per heavy atom. The van der Waals surface area contributed by atoms with Crippen LogP contribution in [0.5, 0.6) is 0 Å². The van der Waals surface area contributed by atoms with E-state index in [4.69, 9.17) is 21.1 Å². The molecule has 2 N–H and O–H groups in total. The van der Waals surface area contributed by atoms with Gasteiger partial charge in [0, 0.05) is 49.7 Å². The van der Waals surface area contributed by atoms with Gasteiger partial charge in [0.1, 0.15) is 40.0 Å². The maximum Gasteiger partial charge on any atom is 0.413 e. The number of aromatic nitrogens is 2. The zero-order valence-corrected chi connectivity index (χ0v) is 28.5. The summed E-state index contributed by atoms with van der Waals surface area (Å²) in [5.74, 6) is -1.26. The Hall–Kier alpha value is -4.48. The molecule has 1 aliphatic heterocycles. The lowest BCUT2D eigenvalue weighted by molar-refractivity contribution is 0.0240. The molecule has 0 atom stereocenters. The predicted molar refractivity (Wildman–Crippen MR) is 179 cm³/mol. The van der Waals surface area contributed by atoms with E-state index in [1.807, 2.05) is 4.90 Å². The summed E-state index contributed by atoms with van der Waals surface area (Å²) < 4.78 is 42.6. The highest BCUT2D eigenvalue weighted by Crippen LogP contribution is 2.44. The second kappa shape index (κ2) is 12.6. The van der Waals surface area contributed by atoms with Crippen LogP contribution < -0.4 is 15.5 Å². The van der Waals surface area contributed by atoms with E-state index in [-0.39, 0.29) is 48.4 Å². The molecule has 15 heteroatoms. The van der Waals surface area contributed by atoms with Crippen LogP contribution >= 0.6 is 22.9 Å². The number of nitriles is 1. The molecular weight excluding hydrogens is 652 g/mol. The molecule has 1 fully saturated rings. The molecule has 2 amide bonds. The maximum absolute atomic E-state index is 16.7. The van der Waals surface area contributed by atoms with Gasteiger partial charge in [-0.1, -0.05) is 22.9 Å². The minimum Gasteiger partial charge on any atom is -0.444 e. The number of hydrogen-bond acceptors (Lipinski definition) is 10. The van der Waals surface area contributed by atoms with Gasteiger partial charge in [0.15, 0.2) is 10.9 Å². The van der Waals surface area contributed by atoms with Crippen LogP contribution in [0.25, 0.3) is 32.2 Å². The van der Waals surface area contributed by atoms with Crippen LogP contribution in [0.15, 0.2) is 18.2 Å². The van der Waals surface area contributed by atoms with Crippen molar-refractivity contribution in [3.63, 3.8) is 0 Å². The van der Waals surface area contributed by atoms with E-state index >= 15 is 4.39 Å². The maximum atomic E-state index is 16.7. The number of nitrogens with zero attached hydrogens (tertiary/aromatic N) is 5. The first-order chi connectivity index (χ1) is 22.0. The van der Waals surface area contributed by atoms with Crippen molar-refractivity contribution in [2.75, 3.05) is 48.8 Å². The van der Waals surface area contributed by atoms with E-state index in [0.717, 1.165) is 11.3 Å². The van der Waals surface area contributed by atoms with Gasteiger partial charge in [-0.05, 0) is 59.7 Å². The van der Waals surface area contributed by atoms with Gasteiger partial charge >= 0.3 is 12.2 Å². The monoisotopic (exact) mass is 685 g/mol. The summed E-state index contributed by atoms with van der Waals surface area (Å²) in [5.41, 5.74) is -0.687. The van der Waals surface area contributed by atoms with Crippen molar-refractivity contribution >= 4 is 72.9 Å². The third-order valence-electron chi connectivity index (χ3n) is 7.11. The standard InChI is InChI=1S/C32H34ClF2N7O4S/c1-31(2,3)45-29(43)40-28-39-24-16(8-9-20(34)26(24)47-28)21-19(33)14-17-23(22(21)35)38-27(37-7)18(15-36)25(17)41-10-12-42(13-11-41)30(44)46-32(4,5)6/h8-9,14H,10-13H2,1-7H3,(H,37,38)(H,39,40,43). The van der Waals surface area contributed by atoms with Gasteiger partial charge in [-0.15, -0.1) is 0 Å². The molecule has 248 valence electrons. The van der Waals surface area contributed by atoms with Crippen molar-refractivity contribution < 1.29 is 27.8 Å². The Balaban J connectivity index is 1.60. The Kier molecular flexibility index (Phi) is 9.09. The molecule has 2 aromatic heterocycles. The molecule has 4 aromatic rings. The largest absolute Gasteiger partial charge is 0.444 e. The van der Waals surface area contributed by atoms with Crippen molar-refractivity contribution in [3.8, 4) is 17.2 Å². The van der Waals surface area contributed by atoms with Crippen molar-refractivity contribution in [1.29, 1.82) is 5.26 Å². The fourth-order valence-corrected chi connectivity index (χ4v) is 6.41. The number of thiazole rings is 1. The summed E-state index contributed by atoms with van der Waals surface area (Å²) >= 11 is 7.66. The van der Waals surface area contributed by atoms with Crippen LogP contribution in [0.4, 0.5) is 35.0 Å². The second-order valence-corrected chi connectivity index (χ2v) is 14.3. The number of benzene rings is 2. The summed E-state index contributed by atoms with van der Waals surface area (Å²) in [6, 6.07) is 6.25. The molecule has 0 radical (unpaired) electrons. The van der Waals surface area contributed by atoms with Crippen LogP contribution in [-0.4, -0.2) is 71.5 Å².